The van der Waals surface area contributed by atoms with Crippen LogP contribution in [-0.4, -0.2) is 59.8 Å². The van der Waals surface area contributed by atoms with E-state index in [0.29, 0.717) is 21.7 Å². The van der Waals surface area contributed by atoms with E-state index in [9.17, 15) is 22.4 Å². The minimum Gasteiger partial charge on any atom is -0.369 e. The van der Waals surface area contributed by atoms with Gasteiger partial charge in [0.05, 0.1) is 31.1 Å². The molecule has 1 amide bonds. The van der Waals surface area contributed by atoms with E-state index in [1.165, 1.54) is 11.1 Å². The first kappa shape index (κ1) is 17.9. The first-order valence-corrected chi connectivity index (χ1v) is 9.65. The van der Waals surface area contributed by atoms with Crippen LogP contribution in [0.2, 0.25) is 0 Å². The SMILES string of the molecule is O=C1N[C@@H]([C@@H]2OCCC2(F)F)CN2CC(F)(F)Cc3c(-c4cn[nH]c4)sc1c32. The Balaban J connectivity index is 1.60. The van der Waals surface area contributed by atoms with E-state index in [4.69, 9.17) is 4.74 Å². The number of amides is 1. The number of hydrogen-bond donors (Lipinski definition) is 2. The fraction of sp³-hybridized carbons (Fsp3) is 0.529. The molecule has 2 N–H and O–H groups in total. The van der Waals surface area contributed by atoms with Crippen molar-refractivity contribution in [1.29, 1.82) is 0 Å². The second-order valence-corrected chi connectivity index (χ2v) is 8.39. The molecule has 5 rings (SSSR count). The van der Waals surface area contributed by atoms with Crippen molar-refractivity contribution in [3.05, 3.63) is 22.8 Å². The van der Waals surface area contributed by atoms with Gasteiger partial charge >= 0.3 is 0 Å². The number of nitrogens with zero attached hydrogens (tertiary/aromatic N) is 2. The predicted octanol–water partition coefficient (Wildman–Crippen LogP) is 2.67. The zero-order chi connectivity index (χ0) is 19.7. The molecule has 0 spiro atoms. The molecule has 1 fully saturated rings. The normalized spacial score (nSPS) is 28.0. The highest BCUT2D eigenvalue weighted by Gasteiger charge is 2.53. The van der Waals surface area contributed by atoms with Gasteiger partial charge in [-0.1, -0.05) is 0 Å². The molecule has 3 aliphatic rings. The first-order chi connectivity index (χ1) is 13.3. The molecule has 2 aromatic rings. The van der Waals surface area contributed by atoms with Crippen molar-refractivity contribution in [2.45, 2.75) is 36.8 Å². The lowest BCUT2D eigenvalue weighted by Crippen LogP contribution is -2.55. The largest absolute Gasteiger partial charge is 0.369 e. The molecule has 2 atom stereocenters. The molecule has 2 aromatic heterocycles. The van der Waals surface area contributed by atoms with Crippen molar-refractivity contribution >= 4 is 22.9 Å². The number of aromatic amines is 1. The summed E-state index contributed by atoms with van der Waals surface area (Å²) in [6.45, 7) is -0.917. The molecule has 150 valence electrons. The second kappa shape index (κ2) is 5.93. The molecule has 0 aliphatic carbocycles. The summed E-state index contributed by atoms with van der Waals surface area (Å²) in [7, 11) is 0. The maximum Gasteiger partial charge on any atom is 0.278 e. The van der Waals surface area contributed by atoms with Gasteiger partial charge in [0.25, 0.3) is 17.8 Å². The van der Waals surface area contributed by atoms with Crippen LogP contribution in [-0.2, 0) is 11.2 Å². The van der Waals surface area contributed by atoms with Crippen LogP contribution in [0.3, 0.4) is 0 Å². The van der Waals surface area contributed by atoms with Gasteiger partial charge in [-0.25, -0.2) is 17.6 Å². The molecule has 11 heteroatoms. The quantitative estimate of drug-likeness (QED) is 0.739. The standard InChI is InChI=1S/C17H16F4N4O2S/c18-16(19)3-9-11-13(28-12(9)8-4-22-23-5-8)15(26)24-10(6-25(11)7-16)14-17(20,21)1-2-27-14/h4-5,10,14H,1-3,6-7H2,(H,22,23)(H,24,26)/t10-,14+/m1/s1. The number of alkyl halides is 4. The fourth-order valence-corrected chi connectivity index (χ4v) is 5.46. The Morgan fingerprint density at radius 2 is 2.11 bits per heavy atom. The van der Waals surface area contributed by atoms with Crippen molar-refractivity contribution in [1.82, 2.24) is 15.5 Å². The van der Waals surface area contributed by atoms with Crippen molar-refractivity contribution in [3.63, 3.8) is 0 Å². The molecular weight excluding hydrogens is 400 g/mol. The third-order valence-corrected chi connectivity index (χ3v) is 6.64. The molecule has 1 saturated heterocycles. The van der Waals surface area contributed by atoms with E-state index in [-0.39, 0.29) is 18.0 Å². The summed E-state index contributed by atoms with van der Waals surface area (Å²) in [5.41, 5.74) is 1.38. The van der Waals surface area contributed by atoms with Crippen LogP contribution in [0.4, 0.5) is 23.2 Å². The highest BCUT2D eigenvalue weighted by Crippen LogP contribution is 2.49. The highest BCUT2D eigenvalue weighted by molar-refractivity contribution is 7.18. The zero-order valence-corrected chi connectivity index (χ0v) is 15.3. The van der Waals surface area contributed by atoms with Gasteiger partial charge in [0, 0.05) is 41.6 Å². The molecule has 28 heavy (non-hydrogen) atoms. The fourth-order valence-electron chi connectivity index (χ4n) is 4.23. The Kier molecular flexibility index (Phi) is 3.80. The van der Waals surface area contributed by atoms with E-state index in [2.05, 4.69) is 15.5 Å². The Hall–Kier alpha value is -2.14. The van der Waals surface area contributed by atoms with Crippen LogP contribution in [0.5, 0.6) is 0 Å². The van der Waals surface area contributed by atoms with Crippen molar-refractivity contribution < 1.29 is 27.1 Å². The number of carbonyl (C=O) groups is 1. The number of ether oxygens (including phenoxy) is 1. The first-order valence-electron chi connectivity index (χ1n) is 8.83. The van der Waals surface area contributed by atoms with Gasteiger partial charge in [0.2, 0.25) is 0 Å². The van der Waals surface area contributed by atoms with Crippen molar-refractivity contribution in [2.24, 2.45) is 0 Å². The van der Waals surface area contributed by atoms with Gasteiger partial charge < -0.3 is 15.0 Å². The molecule has 0 unspecified atom stereocenters. The number of carbonyl (C=O) groups excluding carboxylic acids is 1. The number of H-pyrrole nitrogens is 1. The molecule has 0 radical (unpaired) electrons. The minimum absolute atomic E-state index is 0.127. The van der Waals surface area contributed by atoms with Gasteiger partial charge in [0.1, 0.15) is 11.0 Å². The molecule has 3 aliphatic heterocycles. The molecule has 5 heterocycles. The summed E-state index contributed by atoms with van der Waals surface area (Å²) in [6.07, 6.45) is 0.596. The Bertz CT molecular complexity index is 930. The van der Waals surface area contributed by atoms with E-state index < -0.39 is 49.3 Å². The Morgan fingerprint density at radius 3 is 2.79 bits per heavy atom. The number of rotatable bonds is 2. The lowest BCUT2D eigenvalue weighted by molar-refractivity contribution is -0.0812. The molecule has 0 aromatic carbocycles. The number of aromatic nitrogens is 2. The summed E-state index contributed by atoms with van der Waals surface area (Å²) < 4.78 is 62.6. The number of halogens is 4. The summed E-state index contributed by atoms with van der Waals surface area (Å²) in [4.78, 5) is 15.0. The van der Waals surface area contributed by atoms with Gasteiger partial charge in [-0.2, -0.15) is 5.10 Å². The maximum absolute atomic E-state index is 14.5. The zero-order valence-electron chi connectivity index (χ0n) is 14.5. The Morgan fingerprint density at radius 1 is 1.29 bits per heavy atom. The average molecular weight is 416 g/mol. The topological polar surface area (TPSA) is 70.2 Å². The third-order valence-electron chi connectivity index (χ3n) is 5.37. The molecule has 0 saturated carbocycles. The average Bonchev–Trinajstić information content (AvgIpc) is 3.29. The van der Waals surface area contributed by atoms with Gasteiger partial charge in [-0.15, -0.1) is 11.3 Å². The lowest BCUT2D eigenvalue weighted by Gasteiger charge is -2.37. The summed E-state index contributed by atoms with van der Waals surface area (Å²) >= 11 is 1.08. The highest BCUT2D eigenvalue weighted by atomic mass is 32.1. The second-order valence-electron chi connectivity index (χ2n) is 7.37. The van der Waals surface area contributed by atoms with Crippen molar-refractivity contribution in [3.8, 4) is 10.4 Å². The number of thiophene rings is 1. The molecule has 0 bridgehead atoms. The minimum atomic E-state index is -3.11. The third kappa shape index (κ3) is 2.71. The van der Waals surface area contributed by atoms with Crippen LogP contribution in [0.25, 0.3) is 10.4 Å². The lowest BCUT2D eigenvalue weighted by atomic mass is 9.97. The van der Waals surface area contributed by atoms with Gasteiger partial charge in [0.15, 0.2) is 0 Å². The van der Waals surface area contributed by atoms with Crippen molar-refractivity contribution in [2.75, 3.05) is 24.6 Å². The monoisotopic (exact) mass is 416 g/mol. The van der Waals surface area contributed by atoms with E-state index in [1.54, 1.807) is 6.20 Å². The van der Waals surface area contributed by atoms with E-state index in [0.717, 1.165) is 11.3 Å². The van der Waals surface area contributed by atoms with Crippen LogP contribution < -0.4 is 10.2 Å². The van der Waals surface area contributed by atoms with Crippen LogP contribution in [0.1, 0.15) is 21.7 Å². The summed E-state index contributed by atoms with van der Waals surface area (Å²) in [5.74, 6) is -6.69. The number of hydrogen-bond acceptors (Lipinski definition) is 5. The summed E-state index contributed by atoms with van der Waals surface area (Å²) in [5, 5.41) is 9.09. The summed E-state index contributed by atoms with van der Waals surface area (Å²) in [6, 6.07) is -1.08. The maximum atomic E-state index is 14.5. The van der Waals surface area contributed by atoms with E-state index in [1.807, 2.05) is 0 Å². The van der Waals surface area contributed by atoms with Gasteiger partial charge in [-0.05, 0) is 0 Å². The number of anilines is 1. The smallest absolute Gasteiger partial charge is 0.278 e. The molecular formula is C17H16F4N4O2S. The molecule has 6 nitrogen and oxygen atoms in total. The van der Waals surface area contributed by atoms with Crippen LogP contribution >= 0.6 is 11.3 Å². The van der Waals surface area contributed by atoms with E-state index >= 15 is 0 Å². The van der Waals surface area contributed by atoms with Crippen LogP contribution in [0, 0.1) is 0 Å². The Labute approximate surface area is 160 Å². The van der Waals surface area contributed by atoms with Crippen LogP contribution in [0.15, 0.2) is 12.4 Å². The number of nitrogens with one attached hydrogen (secondary N) is 2. The predicted molar refractivity (Wildman–Crippen MR) is 93.3 cm³/mol. The van der Waals surface area contributed by atoms with Gasteiger partial charge in [-0.3, -0.25) is 9.89 Å².